The number of amides is 2. The van der Waals surface area contributed by atoms with Gasteiger partial charge >= 0.3 is 5.97 Å². The number of hydrogen-bond donors (Lipinski definition) is 0. The van der Waals surface area contributed by atoms with Crippen molar-refractivity contribution in [2.24, 2.45) is 0 Å². The molecule has 8 nitrogen and oxygen atoms in total. The maximum Gasteiger partial charge on any atom is 0.338 e. The summed E-state index contributed by atoms with van der Waals surface area (Å²) in [6.07, 6.45) is 1.88. The van der Waals surface area contributed by atoms with Gasteiger partial charge in [-0.25, -0.2) is 17.6 Å². The van der Waals surface area contributed by atoms with Gasteiger partial charge in [-0.15, -0.1) is 0 Å². The summed E-state index contributed by atoms with van der Waals surface area (Å²) in [6, 6.07) is 10.3. The highest BCUT2D eigenvalue weighted by molar-refractivity contribution is 7.89. The minimum absolute atomic E-state index is 0.0903. The lowest BCUT2D eigenvalue weighted by atomic mass is 10.1. The van der Waals surface area contributed by atoms with Crippen molar-refractivity contribution in [2.45, 2.75) is 43.1 Å². The number of hydrogen-bond acceptors (Lipinski definition) is 6. The van der Waals surface area contributed by atoms with Gasteiger partial charge in [0.2, 0.25) is 10.0 Å². The Balaban J connectivity index is 1.45. The summed E-state index contributed by atoms with van der Waals surface area (Å²) in [4.78, 5) is 39.6. The first kappa shape index (κ1) is 24.0. The Morgan fingerprint density at radius 2 is 1.44 bits per heavy atom. The predicted octanol–water partition coefficient (Wildman–Crippen LogP) is 2.99. The average Bonchev–Trinajstić information content (AvgIpc) is 3.33. The Labute approximate surface area is 197 Å². The number of halogens is 1. The summed E-state index contributed by atoms with van der Waals surface area (Å²) in [5.74, 6) is -2.48. The van der Waals surface area contributed by atoms with Crippen LogP contribution in [0.3, 0.4) is 0 Å². The first-order valence-electron chi connectivity index (χ1n) is 11.2. The first-order chi connectivity index (χ1) is 16.3. The van der Waals surface area contributed by atoms with E-state index in [-0.39, 0.29) is 29.0 Å². The van der Waals surface area contributed by atoms with Gasteiger partial charge < -0.3 is 4.74 Å². The number of carbonyl (C=O) groups excluding carboxylic acids is 3. The molecule has 2 amide bonds. The number of esters is 1. The molecule has 10 heteroatoms. The molecule has 180 valence electrons. The molecule has 1 atom stereocenters. The highest BCUT2D eigenvalue weighted by Gasteiger charge is 2.34. The fourth-order valence-corrected chi connectivity index (χ4v) is 5.62. The topological polar surface area (TPSA) is 101 Å². The average molecular weight is 489 g/mol. The molecule has 2 aromatic rings. The Morgan fingerprint density at radius 1 is 0.853 bits per heavy atom. The summed E-state index contributed by atoms with van der Waals surface area (Å²) in [5, 5.41) is 0. The predicted molar refractivity (Wildman–Crippen MR) is 120 cm³/mol. The normalized spacial score (nSPS) is 19.6. The third kappa shape index (κ3) is 5.02. The number of benzene rings is 2. The molecular weight excluding hydrogens is 463 g/mol. The van der Waals surface area contributed by atoms with E-state index < -0.39 is 39.7 Å². The van der Waals surface area contributed by atoms with Gasteiger partial charge in [-0.2, -0.15) is 4.31 Å². The van der Waals surface area contributed by atoms with Crippen LogP contribution in [0.5, 0.6) is 0 Å². The Kier molecular flexibility index (Phi) is 7.08. The largest absolute Gasteiger partial charge is 0.449 e. The lowest BCUT2D eigenvalue weighted by Crippen LogP contribution is -2.43. The fraction of sp³-hybridized carbons (Fsp3) is 0.375. The van der Waals surface area contributed by atoms with Crippen molar-refractivity contribution < 1.29 is 31.9 Å². The standard InChI is InChI=1S/C24H25FN2O6S/c25-19-10-6-17(7-11-19)22(28)27-16-2-1-5-21(23(27)29)33-24(30)18-8-12-20(13-9-18)34(31,32)26-14-3-4-15-26/h6-13,21H,1-5,14-16H2/t21-/m0/s1. The summed E-state index contributed by atoms with van der Waals surface area (Å²) in [6.45, 7) is 1.12. The molecule has 2 aliphatic rings. The molecule has 2 saturated heterocycles. The zero-order chi connectivity index (χ0) is 24.3. The molecule has 0 saturated carbocycles. The number of carbonyl (C=O) groups is 3. The Bertz CT molecular complexity index is 1170. The van der Waals surface area contributed by atoms with Gasteiger partial charge in [0.1, 0.15) is 5.82 Å². The monoisotopic (exact) mass is 488 g/mol. The van der Waals surface area contributed by atoms with Crippen LogP contribution in [-0.2, 0) is 19.6 Å². The van der Waals surface area contributed by atoms with Gasteiger partial charge in [0, 0.05) is 25.2 Å². The maximum atomic E-state index is 13.2. The van der Waals surface area contributed by atoms with E-state index in [4.69, 9.17) is 4.74 Å². The second kappa shape index (κ2) is 10.0. The van der Waals surface area contributed by atoms with Crippen LogP contribution in [0.15, 0.2) is 53.4 Å². The van der Waals surface area contributed by atoms with Crippen molar-refractivity contribution in [2.75, 3.05) is 19.6 Å². The highest BCUT2D eigenvalue weighted by atomic mass is 32.2. The number of nitrogens with zero attached hydrogens (tertiary/aromatic N) is 2. The molecule has 4 rings (SSSR count). The minimum Gasteiger partial charge on any atom is -0.449 e. The minimum atomic E-state index is -3.61. The van der Waals surface area contributed by atoms with Crippen molar-refractivity contribution in [3.05, 3.63) is 65.5 Å². The van der Waals surface area contributed by atoms with Crippen LogP contribution in [0.2, 0.25) is 0 Å². The third-order valence-corrected chi connectivity index (χ3v) is 7.93. The van der Waals surface area contributed by atoms with E-state index in [0.29, 0.717) is 25.9 Å². The van der Waals surface area contributed by atoms with E-state index in [1.54, 1.807) is 0 Å². The summed E-state index contributed by atoms with van der Waals surface area (Å²) >= 11 is 0. The Hall–Kier alpha value is -3.11. The number of ether oxygens (including phenoxy) is 1. The molecule has 2 heterocycles. The van der Waals surface area contributed by atoms with Crippen molar-refractivity contribution in [1.82, 2.24) is 9.21 Å². The van der Waals surface area contributed by atoms with Crippen molar-refractivity contribution in [3.63, 3.8) is 0 Å². The zero-order valence-electron chi connectivity index (χ0n) is 18.5. The smallest absolute Gasteiger partial charge is 0.338 e. The van der Waals surface area contributed by atoms with E-state index in [9.17, 15) is 27.2 Å². The van der Waals surface area contributed by atoms with Gasteiger partial charge in [-0.1, -0.05) is 0 Å². The lowest BCUT2D eigenvalue weighted by molar-refractivity contribution is -0.137. The van der Waals surface area contributed by atoms with Crippen LogP contribution in [0, 0.1) is 5.82 Å². The van der Waals surface area contributed by atoms with Gasteiger partial charge in [-0.05, 0) is 80.6 Å². The van der Waals surface area contributed by atoms with E-state index in [2.05, 4.69) is 0 Å². The van der Waals surface area contributed by atoms with E-state index in [1.807, 2.05) is 0 Å². The molecule has 0 unspecified atom stereocenters. The van der Waals surface area contributed by atoms with Crippen LogP contribution in [-0.4, -0.2) is 61.1 Å². The number of rotatable bonds is 5. The molecule has 0 aromatic heterocycles. The SMILES string of the molecule is O=C(O[C@H]1CCCCN(C(=O)c2ccc(F)cc2)C1=O)c1ccc(S(=O)(=O)N2CCCC2)cc1. The maximum absolute atomic E-state index is 13.2. The van der Waals surface area contributed by atoms with Crippen LogP contribution in [0.1, 0.15) is 52.8 Å². The third-order valence-electron chi connectivity index (χ3n) is 6.02. The van der Waals surface area contributed by atoms with Crippen LogP contribution >= 0.6 is 0 Å². The van der Waals surface area contributed by atoms with Crippen molar-refractivity contribution >= 4 is 27.8 Å². The molecule has 2 aliphatic heterocycles. The molecular formula is C24H25FN2O6S. The van der Waals surface area contributed by atoms with E-state index >= 15 is 0 Å². The Morgan fingerprint density at radius 3 is 2.09 bits per heavy atom. The zero-order valence-corrected chi connectivity index (χ0v) is 19.3. The molecule has 0 aliphatic carbocycles. The molecule has 0 radical (unpaired) electrons. The van der Waals surface area contributed by atoms with Crippen LogP contribution < -0.4 is 0 Å². The van der Waals surface area contributed by atoms with Crippen molar-refractivity contribution in [3.8, 4) is 0 Å². The van der Waals surface area contributed by atoms with Gasteiger partial charge in [0.25, 0.3) is 11.8 Å². The molecule has 2 fully saturated rings. The van der Waals surface area contributed by atoms with E-state index in [0.717, 1.165) is 29.9 Å². The van der Waals surface area contributed by atoms with E-state index in [1.165, 1.54) is 40.7 Å². The summed E-state index contributed by atoms with van der Waals surface area (Å²) in [7, 11) is -3.61. The number of imide groups is 1. The summed E-state index contributed by atoms with van der Waals surface area (Å²) < 4.78 is 45.3. The second-order valence-electron chi connectivity index (χ2n) is 8.33. The van der Waals surface area contributed by atoms with Crippen LogP contribution in [0.4, 0.5) is 4.39 Å². The van der Waals surface area contributed by atoms with Gasteiger partial charge in [0.05, 0.1) is 10.5 Å². The van der Waals surface area contributed by atoms with Crippen LogP contribution in [0.25, 0.3) is 0 Å². The molecule has 2 aromatic carbocycles. The number of sulfonamides is 1. The lowest BCUT2D eigenvalue weighted by Gasteiger charge is -2.23. The van der Waals surface area contributed by atoms with Gasteiger partial charge in [-0.3, -0.25) is 14.5 Å². The first-order valence-corrected chi connectivity index (χ1v) is 12.6. The van der Waals surface area contributed by atoms with Crippen molar-refractivity contribution in [1.29, 1.82) is 0 Å². The van der Waals surface area contributed by atoms with Gasteiger partial charge in [0.15, 0.2) is 6.10 Å². The number of likely N-dealkylation sites (tertiary alicyclic amines) is 1. The quantitative estimate of drug-likeness (QED) is 0.474. The molecule has 0 N–H and O–H groups in total. The molecule has 34 heavy (non-hydrogen) atoms. The second-order valence-corrected chi connectivity index (χ2v) is 10.3. The summed E-state index contributed by atoms with van der Waals surface area (Å²) in [5.41, 5.74) is 0.269. The highest BCUT2D eigenvalue weighted by Crippen LogP contribution is 2.23. The fourth-order valence-electron chi connectivity index (χ4n) is 4.10. The molecule has 0 bridgehead atoms. The molecule has 0 spiro atoms.